The van der Waals surface area contributed by atoms with Crippen LogP contribution in [-0.4, -0.2) is 21.8 Å². The molecule has 0 aliphatic heterocycles. The Kier molecular flexibility index (Phi) is 3.79. The van der Waals surface area contributed by atoms with E-state index in [4.69, 9.17) is 23.2 Å². The maximum atomic E-state index is 12.3. The van der Waals surface area contributed by atoms with Crippen LogP contribution < -0.4 is 0 Å². The molecule has 2 atom stereocenters. The number of rotatable bonds is 0. The summed E-state index contributed by atoms with van der Waals surface area (Å²) in [6.07, 6.45) is 1.37. The number of carbonyl (C=O) groups is 2. The van der Waals surface area contributed by atoms with Gasteiger partial charge in [0.15, 0.2) is 11.6 Å². The second-order valence-corrected chi connectivity index (χ2v) is 7.89. The van der Waals surface area contributed by atoms with E-state index in [1.165, 1.54) is 6.08 Å². The fraction of sp³-hybridized carbons (Fsp3) is 0.714. The number of carbonyl (C=O) groups excluding carboxylic acids is 2. The molecule has 0 aromatic carbocycles. The molecule has 1 aliphatic rings. The van der Waals surface area contributed by atoms with Crippen LogP contribution in [0.4, 0.5) is 0 Å². The smallest absolute Gasteiger partial charge is 0.179 e. The molecule has 0 amide bonds. The molecule has 0 aromatic rings. The molecule has 1 aliphatic carbocycles. The van der Waals surface area contributed by atoms with Gasteiger partial charge in [-0.15, -0.1) is 23.2 Å². The second kappa shape index (κ2) is 4.35. The molecule has 0 spiro atoms. The first-order valence-electron chi connectivity index (χ1n) is 5.97. The van der Waals surface area contributed by atoms with Gasteiger partial charge < -0.3 is 0 Å². The lowest BCUT2D eigenvalue weighted by atomic mass is 9.67. The Morgan fingerprint density at radius 2 is 1.56 bits per heavy atom. The first-order chi connectivity index (χ1) is 7.83. The molecule has 102 valence electrons. The summed E-state index contributed by atoms with van der Waals surface area (Å²) in [6, 6.07) is 0. The van der Waals surface area contributed by atoms with Crippen molar-refractivity contribution < 1.29 is 9.59 Å². The zero-order valence-corrected chi connectivity index (χ0v) is 13.2. The molecule has 1 rings (SSSR count). The van der Waals surface area contributed by atoms with Gasteiger partial charge in [0.1, 0.15) is 10.3 Å². The Bertz CT molecular complexity index is 424. The first-order valence-corrected chi connectivity index (χ1v) is 6.78. The van der Waals surface area contributed by atoms with Gasteiger partial charge >= 0.3 is 0 Å². The van der Waals surface area contributed by atoms with Gasteiger partial charge in [0.25, 0.3) is 0 Å². The Morgan fingerprint density at radius 3 is 1.89 bits per heavy atom. The van der Waals surface area contributed by atoms with Gasteiger partial charge in [0, 0.05) is 5.57 Å². The molecule has 0 bridgehead atoms. The fourth-order valence-corrected chi connectivity index (χ4v) is 2.79. The van der Waals surface area contributed by atoms with Crippen LogP contribution in [0.2, 0.25) is 0 Å². The van der Waals surface area contributed by atoms with Crippen molar-refractivity contribution in [1.82, 2.24) is 0 Å². The standard InChI is InChI=1S/C14H20Cl2O2/c1-12(2,3)8-7-9(17)14(16,13(4,5)6)11(15)10(8)18/h7,11H,1-6H3/t11-,14+/m1/s1. The number of alkyl halides is 2. The molecule has 0 N–H and O–H groups in total. The maximum Gasteiger partial charge on any atom is 0.179 e. The van der Waals surface area contributed by atoms with Crippen LogP contribution in [-0.2, 0) is 9.59 Å². The maximum absolute atomic E-state index is 12.3. The van der Waals surface area contributed by atoms with E-state index in [0.717, 1.165) is 0 Å². The number of Topliss-reactive ketones (excluding diaryl/α,β-unsaturated/α-hetero) is 1. The van der Waals surface area contributed by atoms with Crippen LogP contribution >= 0.6 is 23.2 Å². The molecule has 18 heavy (non-hydrogen) atoms. The highest BCUT2D eigenvalue weighted by atomic mass is 35.5. The third-order valence-corrected chi connectivity index (χ3v) is 4.99. The average Bonchev–Trinajstić information content (AvgIpc) is 2.16. The molecule has 0 aromatic heterocycles. The van der Waals surface area contributed by atoms with E-state index < -0.39 is 21.1 Å². The SMILES string of the molecule is CC(C)(C)C1=CC(=O)[C@@](Cl)(C(C)(C)C)[C@H](Cl)C1=O. The fourth-order valence-electron chi connectivity index (χ4n) is 2.09. The van der Waals surface area contributed by atoms with Gasteiger partial charge in [-0.1, -0.05) is 41.5 Å². The van der Waals surface area contributed by atoms with E-state index in [0.29, 0.717) is 5.57 Å². The van der Waals surface area contributed by atoms with Gasteiger partial charge in [-0.25, -0.2) is 0 Å². The van der Waals surface area contributed by atoms with Gasteiger partial charge in [-0.3, -0.25) is 9.59 Å². The van der Waals surface area contributed by atoms with Gasteiger partial charge in [-0.05, 0) is 16.9 Å². The molecule has 0 heterocycles. The Morgan fingerprint density at radius 1 is 1.11 bits per heavy atom. The van der Waals surface area contributed by atoms with Crippen molar-refractivity contribution >= 4 is 34.8 Å². The normalized spacial score (nSPS) is 30.4. The van der Waals surface area contributed by atoms with E-state index in [1.54, 1.807) is 0 Å². The van der Waals surface area contributed by atoms with Crippen molar-refractivity contribution in [3.8, 4) is 0 Å². The molecule has 0 unspecified atom stereocenters. The summed E-state index contributed by atoms with van der Waals surface area (Å²) in [4.78, 5) is 23.3. The molecule has 0 saturated heterocycles. The summed E-state index contributed by atoms with van der Waals surface area (Å²) in [7, 11) is 0. The summed E-state index contributed by atoms with van der Waals surface area (Å²) < 4.78 is 0. The van der Waals surface area contributed by atoms with Crippen molar-refractivity contribution in [2.45, 2.75) is 51.8 Å². The highest BCUT2D eigenvalue weighted by molar-refractivity contribution is 6.50. The van der Waals surface area contributed by atoms with Crippen LogP contribution in [0.25, 0.3) is 0 Å². The van der Waals surface area contributed by atoms with Crippen LogP contribution in [0, 0.1) is 10.8 Å². The van der Waals surface area contributed by atoms with Gasteiger partial charge in [0.05, 0.1) is 0 Å². The van der Waals surface area contributed by atoms with Crippen LogP contribution in [0.5, 0.6) is 0 Å². The van der Waals surface area contributed by atoms with E-state index in [2.05, 4.69) is 0 Å². The van der Waals surface area contributed by atoms with E-state index in [9.17, 15) is 9.59 Å². The third kappa shape index (κ3) is 2.25. The summed E-state index contributed by atoms with van der Waals surface area (Å²) in [5, 5.41) is -1.02. The van der Waals surface area contributed by atoms with Crippen LogP contribution in [0.3, 0.4) is 0 Å². The van der Waals surface area contributed by atoms with Crippen LogP contribution in [0.15, 0.2) is 11.6 Å². The lowest BCUT2D eigenvalue weighted by molar-refractivity contribution is -0.127. The summed E-state index contributed by atoms with van der Waals surface area (Å²) >= 11 is 12.6. The Hall–Kier alpha value is -0.340. The largest absolute Gasteiger partial charge is 0.293 e. The molecular weight excluding hydrogens is 271 g/mol. The first kappa shape index (κ1) is 15.7. The Balaban J connectivity index is 3.42. The molecule has 2 nitrogen and oxygen atoms in total. The summed E-state index contributed by atoms with van der Waals surface area (Å²) in [5.41, 5.74) is -0.545. The van der Waals surface area contributed by atoms with E-state index >= 15 is 0 Å². The monoisotopic (exact) mass is 290 g/mol. The predicted octanol–water partition coefficient (Wildman–Crippen LogP) is 3.74. The number of halogens is 2. The zero-order valence-electron chi connectivity index (χ0n) is 11.7. The minimum absolute atomic E-state index is 0.242. The van der Waals surface area contributed by atoms with Crippen LogP contribution in [0.1, 0.15) is 41.5 Å². The van der Waals surface area contributed by atoms with Crippen molar-refractivity contribution in [3.05, 3.63) is 11.6 Å². The van der Waals surface area contributed by atoms with Crippen molar-refractivity contribution in [2.75, 3.05) is 0 Å². The number of allylic oxidation sites excluding steroid dienone is 2. The van der Waals surface area contributed by atoms with Crippen molar-refractivity contribution in [3.63, 3.8) is 0 Å². The van der Waals surface area contributed by atoms with Crippen molar-refractivity contribution in [2.24, 2.45) is 10.8 Å². The minimum atomic E-state index is -1.37. The minimum Gasteiger partial charge on any atom is -0.293 e. The Labute approximate surface area is 119 Å². The van der Waals surface area contributed by atoms with E-state index in [1.807, 2.05) is 41.5 Å². The lowest BCUT2D eigenvalue weighted by Gasteiger charge is -2.43. The zero-order chi connectivity index (χ0) is 14.5. The topological polar surface area (TPSA) is 34.1 Å². The number of ketones is 2. The number of hydrogen-bond acceptors (Lipinski definition) is 2. The van der Waals surface area contributed by atoms with E-state index in [-0.39, 0.29) is 11.6 Å². The second-order valence-electron chi connectivity index (χ2n) is 6.86. The highest BCUT2D eigenvalue weighted by Gasteiger charge is 2.57. The van der Waals surface area contributed by atoms with Gasteiger partial charge in [-0.2, -0.15) is 0 Å². The molecule has 0 saturated carbocycles. The summed E-state index contributed by atoms with van der Waals surface area (Å²) in [6.45, 7) is 11.1. The molecule has 0 fully saturated rings. The molecule has 4 heteroatoms. The van der Waals surface area contributed by atoms with Gasteiger partial charge in [0.2, 0.25) is 0 Å². The summed E-state index contributed by atoms with van der Waals surface area (Å²) in [5.74, 6) is -0.519. The third-order valence-electron chi connectivity index (χ3n) is 3.38. The molecule has 0 radical (unpaired) electrons. The lowest BCUT2D eigenvalue weighted by Crippen LogP contribution is -2.57. The highest BCUT2D eigenvalue weighted by Crippen LogP contribution is 2.47. The average molecular weight is 291 g/mol. The number of hydrogen-bond donors (Lipinski definition) is 0. The quantitative estimate of drug-likeness (QED) is 0.637. The predicted molar refractivity (Wildman–Crippen MR) is 75.2 cm³/mol. The van der Waals surface area contributed by atoms with Crippen molar-refractivity contribution in [1.29, 1.82) is 0 Å². The molecular formula is C14H20Cl2O2.